The van der Waals surface area contributed by atoms with E-state index in [1.165, 1.54) is 0 Å². The van der Waals surface area contributed by atoms with Gasteiger partial charge in [0.15, 0.2) is 0 Å². The van der Waals surface area contributed by atoms with Crippen LogP contribution in [0.15, 0.2) is 0 Å². The van der Waals surface area contributed by atoms with E-state index in [1.54, 1.807) is 42.7 Å². The molecule has 0 N–H and O–H groups in total. The maximum absolute atomic E-state index is 13.5. The fraction of sp³-hybridized carbons (Fsp3) is 0.977. The van der Waals surface area contributed by atoms with E-state index in [9.17, 15) is 4.79 Å². The maximum Gasteiger partial charge on any atom is 0.504 e. The predicted molar refractivity (Wildman–Crippen MR) is 244 cm³/mol. The first-order valence-corrected chi connectivity index (χ1v) is 26.7. The lowest BCUT2D eigenvalue weighted by Gasteiger charge is -2.36. The van der Waals surface area contributed by atoms with Crippen LogP contribution in [-0.4, -0.2) is 225 Å². The van der Waals surface area contributed by atoms with Crippen LogP contribution in [0.25, 0.3) is 0 Å². The van der Waals surface area contributed by atoms with Gasteiger partial charge in [-0.05, 0) is 38.5 Å². The average molecular weight is 967 g/mol. The summed E-state index contributed by atoms with van der Waals surface area (Å²) in [7, 11) is 3.08. The number of carbonyl (C=O) groups excluding carboxylic acids is 1. The van der Waals surface area contributed by atoms with Gasteiger partial charge in [-0.3, -0.25) is 4.79 Å². The molecule has 0 saturated heterocycles. The SMILES string of the molecule is CCC(CCCC(=O)CCCC(CC)[Si](OCCOCCOC)(OCCOCCOC)OCCOCCOC)[Si](OCCOCCOC)(OCCOCCOC)OCCOCCOC. The van der Waals surface area contributed by atoms with Crippen LogP contribution in [0.4, 0.5) is 0 Å². The Morgan fingerprint density at radius 1 is 0.328 bits per heavy atom. The van der Waals surface area contributed by atoms with Crippen LogP contribution in [0, 0.1) is 0 Å². The van der Waals surface area contributed by atoms with Crippen molar-refractivity contribution in [3.8, 4) is 0 Å². The molecule has 0 radical (unpaired) electrons. The number of ether oxygens (including phenoxy) is 12. The summed E-state index contributed by atoms with van der Waals surface area (Å²) >= 11 is 0. The molecule has 0 saturated carbocycles. The maximum atomic E-state index is 13.5. The van der Waals surface area contributed by atoms with Crippen molar-refractivity contribution < 1.29 is 88.2 Å². The number of Topliss-reactive ketones (excluding diaryl/α,β-unsaturated/α-hetero) is 1. The fourth-order valence-corrected chi connectivity index (χ4v) is 12.6. The van der Waals surface area contributed by atoms with Gasteiger partial charge in [0, 0.05) is 66.6 Å². The lowest BCUT2D eigenvalue weighted by molar-refractivity contribution is -0.119. The molecular formula is C43H90O19Si2. The Balaban J connectivity index is 5.90. The zero-order valence-corrected chi connectivity index (χ0v) is 43.0. The third kappa shape index (κ3) is 33.8. The number of rotatable bonds is 54. The van der Waals surface area contributed by atoms with E-state index in [0.29, 0.717) is 157 Å². The first-order chi connectivity index (χ1) is 31.4. The van der Waals surface area contributed by atoms with Gasteiger partial charge in [-0.2, -0.15) is 0 Å². The second kappa shape index (κ2) is 47.4. The molecule has 0 aromatic rings. The monoisotopic (exact) mass is 967 g/mol. The van der Waals surface area contributed by atoms with Crippen LogP contribution < -0.4 is 0 Å². The molecule has 0 bridgehead atoms. The van der Waals surface area contributed by atoms with Gasteiger partial charge in [0.25, 0.3) is 0 Å². The average Bonchev–Trinajstić information content (AvgIpc) is 3.30. The van der Waals surface area contributed by atoms with Crippen LogP contribution in [0.3, 0.4) is 0 Å². The Bertz CT molecular complexity index is 825. The van der Waals surface area contributed by atoms with Crippen molar-refractivity contribution in [2.24, 2.45) is 0 Å². The third-order valence-corrected chi connectivity index (χ3v) is 16.8. The molecule has 0 heterocycles. The van der Waals surface area contributed by atoms with Crippen LogP contribution in [-0.2, 0) is 88.2 Å². The normalized spacial score (nSPS) is 13.2. The summed E-state index contributed by atoms with van der Waals surface area (Å²) in [6, 6.07) is 0. The van der Waals surface area contributed by atoms with E-state index in [0.717, 1.165) is 12.8 Å². The molecule has 0 aromatic carbocycles. The Hall–Kier alpha value is -0.616. The molecule has 0 rings (SSSR count). The van der Waals surface area contributed by atoms with Crippen molar-refractivity contribution in [2.45, 2.75) is 76.3 Å². The van der Waals surface area contributed by atoms with Gasteiger partial charge >= 0.3 is 17.6 Å². The molecule has 384 valence electrons. The fourth-order valence-electron chi connectivity index (χ4n) is 6.36. The summed E-state index contributed by atoms with van der Waals surface area (Å²) in [5, 5.41) is 0. The highest BCUT2D eigenvalue weighted by atomic mass is 28.4. The highest BCUT2D eigenvalue weighted by molar-refractivity contribution is 6.62. The van der Waals surface area contributed by atoms with Crippen LogP contribution in [0.1, 0.15) is 65.2 Å². The molecule has 0 aromatic heterocycles. The summed E-state index contributed by atoms with van der Waals surface area (Å²) in [6.45, 7) is 13.6. The van der Waals surface area contributed by atoms with Crippen molar-refractivity contribution in [2.75, 3.05) is 201 Å². The van der Waals surface area contributed by atoms with Crippen molar-refractivity contribution in [1.82, 2.24) is 0 Å². The quantitative estimate of drug-likeness (QED) is 0.0617. The van der Waals surface area contributed by atoms with Crippen molar-refractivity contribution >= 4 is 23.4 Å². The molecule has 64 heavy (non-hydrogen) atoms. The summed E-state index contributed by atoms with van der Waals surface area (Å²) in [6.07, 6.45) is 4.98. The molecule has 0 fully saturated rings. The van der Waals surface area contributed by atoms with Gasteiger partial charge in [0.05, 0.1) is 159 Å². The van der Waals surface area contributed by atoms with Gasteiger partial charge in [-0.25, -0.2) is 0 Å². The Morgan fingerprint density at radius 2 is 0.531 bits per heavy atom. The standard InChI is InChI=1S/C43H90O19Si2/c1-9-42(63(57-35-29-51-23-17-45-3,58-36-30-52-24-18-46-4)59-37-31-53-25-19-47-5)15-11-13-41(44)14-12-16-43(10-2)64(60-38-32-54-26-20-48-6,61-39-33-55-27-21-49-7)62-40-34-56-28-22-50-8/h42-43H,9-40H2,1-8H3. The smallest absolute Gasteiger partial charge is 0.382 e. The minimum atomic E-state index is -3.36. The van der Waals surface area contributed by atoms with Crippen LogP contribution in [0.5, 0.6) is 0 Å². The number of carbonyl (C=O) groups is 1. The van der Waals surface area contributed by atoms with E-state index < -0.39 is 17.6 Å². The van der Waals surface area contributed by atoms with Gasteiger partial charge in [-0.1, -0.05) is 13.8 Å². The Morgan fingerprint density at radius 3 is 0.719 bits per heavy atom. The summed E-state index contributed by atoms with van der Waals surface area (Å²) < 4.78 is 105. The number of hydrogen-bond acceptors (Lipinski definition) is 19. The molecule has 0 amide bonds. The zero-order chi connectivity index (χ0) is 47.1. The first kappa shape index (κ1) is 63.4. The minimum absolute atomic E-state index is 0.0739. The van der Waals surface area contributed by atoms with Crippen molar-refractivity contribution in [3.63, 3.8) is 0 Å². The molecule has 0 spiro atoms. The molecule has 19 nitrogen and oxygen atoms in total. The molecule has 0 aliphatic rings. The molecule has 0 aliphatic carbocycles. The highest BCUT2D eigenvalue weighted by Crippen LogP contribution is 2.36. The molecule has 2 unspecified atom stereocenters. The molecular weight excluding hydrogens is 877 g/mol. The number of methoxy groups -OCH3 is 6. The van der Waals surface area contributed by atoms with Crippen LogP contribution >= 0.6 is 0 Å². The number of ketones is 1. The topological polar surface area (TPSA) is 183 Å². The van der Waals surface area contributed by atoms with Gasteiger partial charge in [0.1, 0.15) is 5.78 Å². The van der Waals surface area contributed by atoms with E-state index in [1.807, 2.05) is 0 Å². The highest BCUT2D eigenvalue weighted by Gasteiger charge is 2.50. The van der Waals surface area contributed by atoms with E-state index in [4.69, 9.17) is 83.4 Å². The van der Waals surface area contributed by atoms with E-state index in [2.05, 4.69) is 13.8 Å². The summed E-state index contributed by atoms with van der Waals surface area (Å²) in [4.78, 5) is 13.5. The zero-order valence-electron chi connectivity index (χ0n) is 41.0. The Kier molecular flexibility index (Phi) is 47.0. The van der Waals surface area contributed by atoms with Gasteiger partial charge in [-0.15, -0.1) is 0 Å². The third-order valence-electron chi connectivity index (χ3n) is 9.78. The lowest BCUT2D eigenvalue weighted by Crippen LogP contribution is -2.52. The van der Waals surface area contributed by atoms with Crippen molar-refractivity contribution in [1.29, 1.82) is 0 Å². The molecule has 2 atom stereocenters. The van der Waals surface area contributed by atoms with E-state index >= 15 is 0 Å². The largest absolute Gasteiger partial charge is 0.504 e. The van der Waals surface area contributed by atoms with Gasteiger partial charge in [0.2, 0.25) is 0 Å². The Labute approximate surface area is 388 Å². The lowest BCUT2D eigenvalue weighted by atomic mass is 10.0. The predicted octanol–water partition coefficient (Wildman–Crippen LogP) is 4.41. The van der Waals surface area contributed by atoms with E-state index in [-0.39, 0.29) is 56.5 Å². The molecule has 21 heteroatoms. The van der Waals surface area contributed by atoms with Crippen molar-refractivity contribution in [3.05, 3.63) is 0 Å². The van der Waals surface area contributed by atoms with Gasteiger partial charge < -0.3 is 83.4 Å². The summed E-state index contributed by atoms with van der Waals surface area (Å²) in [5.41, 5.74) is -0.148. The second-order valence-corrected chi connectivity index (χ2v) is 20.2. The van der Waals surface area contributed by atoms with Crippen LogP contribution in [0.2, 0.25) is 11.1 Å². The first-order valence-electron chi connectivity index (χ1n) is 23.1. The minimum Gasteiger partial charge on any atom is -0.382 e. The second-order valence-electron chi connectivity index (χ2n) is 14.5. The molecule has 0 aliphatic heterocycles. The number of hydrogen-bond donors (Lipinski definition) is 0. The summed E-state index contributed by atoms with van der Waals surface area (Å²) in [5.74, 6) is 0.184.